The number of fused-ring (bicyclic) bond motifs is 1. The molecule has 0 aromatic heterocycles. The predicted octanol–water partition coefficient (Wildman–Crippen LogP) is 1.00. The van der Waals surface area contributed by atoms with Gasteiger partial charge in [-0.15, -0.1) is 0 Å². The van der Waals surface area contributed by atoms with Crippen molar-refractivity contribution in [1.29, 1.82) is 0 Å². The van der Waals surface area contributed by atoms with Crippen LogP contribution in [0.4, 0.5) is 4.79 Å². The third kappa shape index (κ3) is 3.53. The number of carbonyl (C=O) groups is 3. The summed E-state index contributed by atoms with van der Waals surface area (Å²) in [6.45, 7) is 2.67. The molecule has 162 valence electrons. The first kappa shape index (κ1) is 20.9. The van der Waals surface area contributed by atoms with Crippen molar-refractivity contribution >= 4 is 17.8 Å². The molecule has 0 saturated carbocycles. The van der Waals surface area contributed by atoms with E-state index in [9.17, 15) is 14.4 Å². The maximum Gasteiger partial charge on any atom is 0.338 e. The third-order valence-electron chi connectivity index (χ3n) is 6.03. The van der Waals surface area contributed by atoms with E-state index in [4.69, 9.17) is 9.47 Å². The van der Waals surface area contributed by atoms with Crippen LogP contribution >= 0.6 is 0 Å². The quantitative estimate of drug-likeness (QED) is 0.553. The van der Waals surface area contributed by atoms with Crippen molar-refractivity contribution in [3.05, 3.63) is 59.2 Å². The van der Waals surface area contributed by atoms with Crippen LogP contribution in [-0.4, -0.2) is 61.6 Å². The monoisotopic (exact) mass is 424 g/mol. The van der Waals surface area contributed by atoms with Crippen molar-refractivity contribution in [2.24, 2.45) is 0 Å². The fraction of sp³-hybridized carbons (Fsp3) is 0.348. The lowest BCUT2D eigenvalue weighted by Gasteiger charge is -2.36. The van der Waals surface area contributed by atoms with E-state index in [0.29, 0.717) is 18.0 Å². The molecule has 2 aromatic carbocycles. The molecular formula is C23H26N3O5+. The highest BCUT2D eigenvalue weighted by Crippen LogP contribution is 2.36. The maximum absolute atomic E-state index is 12.7. The molecule has 1 fully saturated rings. The van der Waals surface area contributed by atoms with Gasteiger partial charge in [0.15, 0.2) is 18.2 Å². The number of quaternary nitrogens is 1. The number of nitrogens with one attached hydrogen (secondary N) is 1. The molecule has 0 bridgehead atoms. The Bertz CT molecular complexity index is 1020. The third-order valence-corrected chi connectivity index (χ3v) is 6.03. The molecule has 2 aliphatic rings. The first-order chi connectivity index (χ1) is 15.0. The lowest BCUT2D eigenvalue weighted by molar-refractivity contribution is -0.934. The summed E-state index contributed by atoms with van der Waals surface area (Å²) < 4.78 is 11.0. The largest absolute Gasteiger partial charge is 0.493 e. The second-order valence-electron chi connectivity index (χ2n) is 7.63. The highest BCUT2D eigenvalue weighted by atomic mass is 16.5. The fourth-order valence-electron chi connectivity index (χ4n) is 4.48. The van der Waals surface area contributed by atoms with E-state index in [-0.39, 0.29) is 19.3 Å². The number of hydrogen-bond donors (Lipinski definition) is 1. The topological polar surface area (TPSA) is 80.6 Å². The van der Waals surface area contributed by atoms with Crippen molar-refractivity contribution in [2.75, 3.05) is 34.0 Å². The molecule has 0 spiro atoms. The van der Waals surface area contributed by atoms with Gasteiger partial charge in [0.25, 0.3) is 0 Å². The highest BCUT2D eigenvalue weighted by Gasteiger charge is 2.47. The normalized spacial score (nSPS) is 20.8. The van der Waals surface area contributed by atoms with E-state index in [0.717, 1.165) is 37.8 Å². The van der Waals surface area contributed by atoms with Crippen LogP contribution in [0.2, 0.25) is 0 Å². The van der Waals surface area contributed by atoms with Gasteiger partial charge in [0.1, 0.15) is 6.04 Å². The summed E-state index contributed by atoms with van der Waals surface area (Å²) in [7, 11) is 3.21. The number of imide groups is 2. The Balaban J connectivity index is 1.75. The van der Waals surface area contributed by atoms with E-state index in [1.54, 1.807) is 21.1 Å². The Labute approximate surface area is 180 Å². The van der Waals surface area contributed by atoms with Gasteiger partial charge in [0.2, 0.25) is 0 Å². The molecule has 8 nitrogen and oxygen atoms in total. The Kier molecular flexibility index (Phi) is 5.65. The van der Waals surface area contributed by atoms with Gasteiger partial charge in [0, 0.05) is 24.1 Å². The average Bonchev–Trinajstić information content (AvgIpc) is 3.00. The molecule has 4 rings (SSSR count). The van der Waals surface area contributed by atoms with E-state index in [1.165, 1.54) is 0 Å². The van der Waals surface area contributed by atoms with Crippen LogP contribution in [0.3, 0.4) is 0 Å². The fourth-order valence-corrected chi connectivity index (χ4v) is 4.48. The van der Waals surface area contributed by atoms with E-state index >= 15 is 0 Å². The van der Waals surface area contributed by atoms with Crippen LogP contribution in [0.15, 0.2) is 42.5 Å². The van der Waals surface area contributed by atoms with Crippen molar-refractivity contribution in [2.45, 2.75) is 19.4 Å². The summed E-state index contributed by atoms with van der Waals surface area (Å²) in [6, 6.07) is 13.3. The summed E-state index contributed by atoms with van der Waals surface area (Å²) in [5.41, 5.74) is 3.26. The zero-order valence-corrected chi connectivity index (χ0v) is 17.9. The first-order valence-electron chi connectivity index (χ1n) is 10.3. The number of likely N-dealkylation sites (N-methyl/N-ethyl adjacent to an activating group) is 1. The number of rotatable bonds is 6. The van der Waals surface area contributed by atoms with Crippen LogP contribution < -0.4 is 14.4 Å². The number of urea groups is 1. The van der Waals surface area contributed by atoms with Gasteiger partial charge >= 0.3 is 17.8 Å². The minimum absolute atomic E-state index is 0.118. The molecule has 0 aliphatic carbocycles. The molecule has 4 amide bonds. The van der Waals surface area contributed by atoms with Gasteiger partial charge in [-0.05, 0) is 24.6 Å². The molecule has 2 heterocycles. The number of nitrogens with zero attached hydrogens (tertiary/aromatic N) is 2. The Morgan fingerprint density at radius 2 is 1.61 bits per heavy atom. The number of benzene rings is 2. The second kappa shape index (κ2) is 8.39. The summed E-state index contributed by atoms with van der Waals surface area (Å²) in [5, 5.41) is 0. The van der Waals surface area contributed by atoms with Crippen LogP contribution in [0.25, 0.3) is 0 Å². The van der Waals surface area contributed by atoms with E-state index < -0.39 is 17.8 Å². The molecule has 0 radical (unpaired) electrons. The summed E-state index contributed by atoms with van der Waals surface area (Å²) in [6.07, 6.45) is 0.746. The number of ether oxygens (including phenoxy) is 2. The van der Waals surface area contributed by atoms with Crippen molar-refractivity contribution < 1.29 is 28.8 Å². The van der Waals surface area contributed by atoms with Gasteiger partial charge < -0.3 is 14.4 Å². The maximum atomic E-state index is 12.7. The summed E-state index contributed by atoms with van der Waals surface area (Å²) in [5.74, 6) is -0.217. The van der Waals surface area contributed by atoms with Crippen LogP contribution in [0.5, 0.6) is 11.5 Å². The van der Waals surface area contributed by atoms with Crippen molar-refractivity contribution in [1.82, 2.24) is 9.80 Å². The molecule has 2 aromatic rings. The van der Waals surface area contributed by atoms with Gasteiger partial charge in [-0.25, -0.2) is 9.69 Å². The molecule has 1 saturated heterocycles. The van der Waals surface area contributed by atoms with Crippen LogP contribution in [0.1, 0.15) is 29.7 Å². The zero-order valence-electron chi connectivity index (χ0n) is 17.9. The van der Waals surface area contributed by atoms with Gasteiger partial charge in [-0.3, -0.25) is 14.5 Å². The lowest BCUT2D eigenvalue weighted by Crippen LogP contribution is -3.15. The van der Waals surface area contributed by atoms with Crippen LogP contribution in [0, 0.1) is 0 Å². The Morgan fingerprint density at radius 3 is 2.23 bits per heavy atom. The van der Waals surface area contributed by atoms with Crippen molar-refractivity contribution in [3.8, 4) is 11.5 Å². The predicted molar refractivity (Wildman–Crippen MR) is 112 cm³/mol. The van der Waals surface area contributed by atoms with Gasteiger partial charge in [-0.1, -0.05) is 30.3 Å². The second-order valence-corrected chi connectivity index (χ2v) is 7.63. The highest BCUT2D eigenvalue weighted by molar-refractivity contribution is 6.44. The molecule has 1 unspecified atom stereocenters. The summed E-state index contributed by atoms with van der Waals surface area (Å²) in [4.78, 5) is 40.4. The Hall–Kier alpha value is -3.39. The SMILES string of the molecule is CCN1C(=O)C(=O)N(C[NH+]2CCc3cc(OC)c(OC)cc3[C@@H]2c2ccccc2)C1=O. The molecule has 2 atom stereocenters. The van der Waals surface area contributed by atoms with Crippen LogP contribution in [-0.2, 0) is 16.0 Å². The molecular weight excluding hydrogens is 398 g/mol. The standard InChI is InChI=1S/C23H25N3O5/c1-4-25-21(27)22(28)26(23(25)29)14-24-11-10-16-12-18(30-2)19(31-3)13-17(16)20(24)15-8-6-5-7-9-15/h5-9,12-13,20H,4,10-11,14H2,1-3H3/p+1/t20-/m0/s1. The van der Waals surface area contributed by atoms with E-state index in [2.05, 4.69) is 0 Å². The molecule has 8 heteroatoms. The van der Waals surface area contributed by atoms with Gasteiger partial charge in [0.05, 0.1) is 20.8 Å². The Morgan fingerprint density at radius 1 is 0.968 bits per heavy atom. The number of amides is 4. The minimum Gasteiger partial charge on any atom is -0.493 e. The van der Waals surface area contributed by atoms with E-state index in [1.807, 2.05) is 42.5 Å². The first-order valence-corrected chi connectivity index (χ1v) is 10.3. The molecule has 1 N–H and O–H groups in total. The number of methoxy groups -OCH3 is 2. The smallest absolute Gasteiger partial charge is 0.338 e. The zero-order chi connectivity index (χ0) is 22.1. The lowest BCUT2D eigenvalue weighted by atomic mass is 9.88. The molecule has 2 aliphatic heterocycles. The number of carbonyl (C=O) groups excluding carboxylic acids is 3. The van der Waals surface area contributed by atoms with Gasteiger partial charge in [-0.2, -0.15) is 0 Å². The summed E-state index contributed by atoms with van der Waals surface area (Å²) >= 11 is 0. The minimum atomic E-state index is -0.760. The molecule has 31 heavy (non-hydrogen) atoms. The average molecular weight is 424 g/mol. The number of hydrogen-bond acceptors (Lipinski definition) is 5. The van der Waals surface area contributed by atoms with Crippen molar-refractivity contribution in [3.63, 3.8) is 0 Å².